The first kappa shape index (κ1) is 12.2. The van der Waals surface area contributed by atoms with Crippen molar-refractivity contribution in [2.24, 2.45) is 0 Å². The molecule has 0 aliphatic heterocycles. The number of rotatable bonds is 2. The van der Waals surface area contributed by atoms with E-state index in [1.807, 2.05) is 24.3 Å². The van der Waals surface area contributed by atoms with Crippen LogP contribution in [0.4, 0.5) is 16.0 Å². The minimum Gasteiger partial charge on any atom is -0.358 e. The molecule has 4 rings (SSSR count). The summed E-state index contributed by atoms with van der Waals surface area (Å²) < 4.78 is 13.6. The smallest absolute Gasteiger partial charge is 0.205 e. The van der Waals surface area contributed by atoms with Gasteiger partial charge in [-0.3, -0.25) is 0 Å². The van der Waals surface area contributed by atoms with Crippen LogP contribution in [0.15, 0.2) is 42.6 Å². The van der Waals surface area contributed by atoms with Gasteiger partial charge >= 0.3 is 0 Å². The molecule has 104 valence electrons. The van der Waals surface area contributed by atoms with Gasteiger partial charge in [-0.25, -0.2) is 9.37 Å². The highest BCUT2D eigenvalue weighted by Gasteiger charge is 2.10. The molecule has 21 heavy (non-hydrogen) atoms. The summed E-state index contributed by atoms with van der Waals surface area (Å²) in [6, 6.07) is 11.2. The van der Waals surface area contributed by atoms with Crippen LogP contribution < -0.4 is 5.32 Å². The first-order chi connectivity index (χ1) is 10.2. The van der Waals surface area contributed by atoms with Crippen LogP contribution >= 0.6 is 11.6 Å². The molecule has 0 fully saturated rings. The lowest BCUT2D eigenvalue weighted by molar-refractivity contribution is 0.639. The molecule has 2 heterocycles. The predicted molar refractivity (Wildman–Crippen MR) is 82.6 cm³/mol. The van der Waals surface area contributed by atoms with Crippen molar-refractivity contribution >= 4 is 45.2 Å². The number of hydrogen-bond donors (Lipinski definition) is 3. The summed E-state index contributed by atoms with van der Waals surface area (Å²) in [6.07, 6.45) is 1.29. The van der Waals surface area contributed by atoms with E-state index in [1.54, 1.807) is 12.1 Å². The van der Waals surface area contributed by atoms with E-state index in [4.69, 9.17) is 11.6 Å². The minimum absolute atomic E-state index is 0.352. The van der Waals surface area contributed by atoms with Crippen molar-refractivity contribution in [2.45, 2.75) is 0 Å². The summed E-state index contributed by atoms with van der Waals surface area (Å²) in [5, 5.41) is 3.89. The van der Waals surface area contributed by atoms with E-state index in [1.165, 1.54) is 6.20 Å². The first-order valence-corrected chi connectivity index (χ1v) is 6.76. The minimum atomic E-state index is -0.356. The standard InChI is InChI=1S/C15H10ClFN4/c16-9-5-8(6-13-14(9)10(17)7-18-13)19-15-20-11-3-1-2-4-12(11)21-15/h1-7,18H,(H2,19,20,21). The van der Waals surface area contributed by atoms with Crippen LogP contribution in [0.3, 0.4) is 0 Å². The number of anilines is 2. The first-order valence-electron chi connectivity index (χ1n) is 6.38. The fourth-order valence-corrected chi connectivity index (χ4v) is 2.71. The largest absolute Gasteiger partial charge is 0.358 e. The summed E-state index contributed by atoms with van der Waals surface area (Å²) in [5.74, 6) is 0.254. The van der Waals surface area contributed by atoms with Gasteiger partial charge in [-0.1, -0.05) is 23.7 Å². The maximum Gasteiger partial charge on any atom is 0.205 e. The third-order valence-electron chi connectivity index (χ3n) is 3.34. The number of fused-ring (bicyclic) bond motifs is 2. The second-order valence-corrected chi connectivity index (χ2v) is 5.15. The molecule has 4 aromatic rings. The van der Waals surface area contributed by atoms with Crippen LogP contribution in [0.1, 0.15) is 0 Å². The number of nitrogens with one attached hydrogen (secondary N) is 3. The summed E-state index contributed by atoms with van der Waals surface area (Å²) in [7, 11) is 0. The number of H-pyrrole nitrogens is 2. The molecular formula is C15H10ClFN4. The monoisotopic (exact) mass is 300 g/mol. The van der Waals surface area contributed by atoms with E-state index in [2.05, 4.69) is 20.3 Å². The average molecular weight is 301 g/mol. The van der Waals surface area contributed by atoms with Crippen LogP contribution in [0.25, 0.3) is 21.9 Å². The van der Waals surface area contributed by atoms with Crippen molar-refractivity contribution in [3.8, 4) is 0 Å². The number of imidazole rings is 1. The number of nitrogens with zero attached hydrogens (tertiary/aromatic N) is 1. The molecule has 0 aliphatic carbocycles. The quantitative estimate of drug-likeness (QED) is 0.507. The van der Waals surface area contributed by atoms with Crippen molar-refractivity contribution in [2.75, 3.05) is 5.32 Å². The van der Waals surface area contributed by atoms with E-state index >= 15 is 0 Å². The van der Waals surface area contributed by atoms with Crippen molar-refractivity contribution in [3.63, 3.8) is 0 Å². The lowest BCUT2D eigenvalue weighted by Gasteiger charge is -2.04. The number of benzene rings is 2. The predicted octanol–water partition coefficient (Wildman–Crippen LogP) is 4.58. The van der Waals surface area contributed by atoms with E-state index in [0.29, 0.717) is 21.9 Å². The Morgan fingerprint density at radius 2 is 2.00 bits per heavy atom. The summed E-state index contributed by atoms with van der Waals surface area (Å²) in [5.41, 5.74) is 3.18. The van der Waals surface area contributed by atoms with Crippen molar-refractivity contribution in [1.82, 2.24) is 15.0 Å². The van der Waals surface area contributed by atoms with E-state index in [-0.39, 0.29) is 5.82 Å². The second kappa shape index (κ2) is 4.49. The molecule has 2 aromatic carbocycles. The zero-order valence-corrected chi connectivity index (χ0v) is 11.5. The molecule has 0 bridgehead atoms. The Hall–Kier alpha value is -2.53. The number of halogens is 2. The molecule has 0 amide bonds. The SMILES string of the molecule is Fc1c[nH]c2cc(Nc3nc4ccccc4[nH]3)cc(Cl)c12. The van der Waals surface area contributed by atoms with Crippen LogP contribution in [0, 0.1) is 5.82 Å². The Morgan fingerprint density at radius 3 is 2.86 bits per heavy atom. The lowest BCUT2D eigenvalue weighted by atomic mass is 10.2. The number of aromatic nitrogens is 3. The zero-order chi connectivity index (χ0) is 14.4. The third kappa shape index (κ3) is 2.02. The summed E-state index contributed by atoms with van der Waals surface area (Å²) in [6.45, 7) is 0. The third-order valence-corrected chi connectivity index (χ3v) is 3.63. The van der Waals surface area contributed by atoms with Crippen molar-refractivity contribution in [3.05, 3.63) is 53.4 Å². The number of hydrogen-bond acceptors (Lipinski definition) is 2. The maximum absolute atomic E-state index is 13.6. The average Bonchev–Trinajstić information content (AvgIpc) is 3.02. The Kier molecular flexibility index (Phi) is 2.62. The zero-order valence-electron chi connectivity index (χ0n) is 10.7. The van der Waals surface area contributed by atoms with Gasteiger partial charge in [-0.15, -0.1) is 0 Å². The maximum atomic E-state index is 13.6. The van der Waals surface area contributed by atoms with Crippen LogP contribution in [-0.4, -0.2) is 15.0 Å². The molecule has 6 heteroatoms. The lowest BCUT2D eigenvalue weighted by Crippen LogP contribution is -1.92. The normalized spacial score (nSPS) is 11.3. The van der Waals surface area contributed by atoms with Gasteiger partial charge in [-0.05, 0) is 24.3 Å². The number of aromatic amines is 2. The topological polar surface area (TPSA) is 56.5 Å². The molecule has 2 aromatic heterocycles. The molecule has 0 unspecified atom stereocenters. The Bertz CT molecular complexity index is 924. The molecule has 0 radical (unpaired) electrons. The Balaban J connectivity index is 1.76. The van der Waals surface area contributed by atoms with Gasteiger partial charge in [0.25, 0.3) is 0 Å². The second-order valence-electron chi connectivity index (χ2n) is 4.74. The highest BCUT2D eigenvalue weighted by atomic mass is 35.5. The molecule has 0 atom stereocenters. The van der Waals surface area contributed by atoms with Crippen molar-refractivity contribution < 1.29 is 4.39 Å². The van der Waals surface area contributed by atoms with E-state index < -0.39 is 0 Å². The molecule has 0 saturated carbocycles. The highest BCUT2D eigenvalue weighted by molar-refractivity contribution is 6.35. The molecule has 4 nitrogen and oxygen atoms in total. The summed E-state index contributed by atoms with van der Waals surface area (Å²) >= 11 is 6.12. The molecule has 3 N–H and O–H groups in total. The fraction of sp³-hybridized carbons (Fsp3) is 0. The van der Waals surface area contributed by atoms with Gasteiger partial charge in [0.05, 0.1) is 27.0 Å². The number of para-hydroxylation sites is 2. The molecule has 0 aliphatic rings. The molecule has 0 saturated heterocycles. The highest BCUT2D eigenvalue weighted by Crippen LogP contribution is 2.30. The van der Waals surface area contributed by atoms with Crippen LogP contribution in [0.2, 0.25) is 5.02 Å². The van der Waals surface area contributed by atoms with Gasteiger partial charge in [-0.2, -0.15) is 0 Å². The van der Waals surface area contributed by atoms with E-state index in [0.717, 1.165) is 16.7 Å². The fourth-order valence-electron chi connectivity index (χ4n) is 2.40. The van der Waals surface area contributed by atoms with Gasteiger partial charge in [0.1, 0.15) is 5.82 Å². The van der Waals surface area contributed by atoms with Gasteiger partial charge in [0, 0.05) is 11.9 Å². The van der Waals surface area contributed by atoms with Gasteiger partial charge in [0.15, 0.2) is 0 Å². The van der Waals surface area contributed by atoms with Crippen molar-refractivity contribution in [1.29, 1.82) is 0 Å². The van der Waals surface area contributed by atoms with Crippen LogP contribution in [-0.2, 0) is 0 Å². The molecule has 0 spiro atoms. The van der Waals surface area contributed by atoms with Crippen LogP contribution in [0.5, 0.6) is 0 Å². The Labute approximate surface area is 124 Å². The van der Waals surface area contributed by atoms with Gasteiger partial charge in [0.2, 0.25) is 5.95 Å². The van der Waals surface area contributed by atoms with Gasteiger partial charge < -0.3 is 15.3 Å². The molecular weight excluding hydrogens is 291 g/mol. The Morgan fingerprint density at radius 1 is 1.14 bits per heavy atom. The summed E-state index contributed by atoms with van der Waals surface area (Å²) in [4.78, 5) is 10.4. The van der Waals surface area contributed by atoms with E-state index in [9.17, 15) is 4.39 Å².